The number of nitrogens with one attached hydrogen (secondary N) is 1. The Kier molecular flexibility index (Phi) is 10.7. The molecule has 2 rings (SSSR count). The number of rotatable bonds is 10. The fourth-order valence-electron chi connectivity index (χ4n) is 2.91. The molecule has 0 fully saturated rings. The van der Waals surface area contributed by atoms with Crippen molar-refractivity contribution in [1.82, 2.24) is 4.31 Å². The maximum Gasteiger partial charge on any atom is 0.269 e. The fourth-order valence-corrected chi connectivity index (χ4v) is 4.53. The van der Waals surface area contributed by atoms with E-state index in [4.69, 9.17) is 5.73 Å². The minimum Gasteiger partial charge on any atom is -0.672 e. The molecular weight excluding hydrogens is 625 g/mol. The van der Waals surface area contributed by atoms with E-state index in [1.165, 1.54) is 12.1 Å². The Balaban J connectivity index is 0.00000450. The van der Waals surface area contributed by atoms with Gasteiger partial charge >= 0.3 is 0 Å². The van der Waals surface area contributed by atoms with Gasteiger partial charge in [0.2, 0.25) is 10.0 Å². The van der Waals surface area contributed by atoms with Crippen LogP contribution in [-0.2, 0) is 16.4 Å². The number of hydrogen-bond acceptors (Lipinski definition) is 5. The van der Waals surface area contributed by atoms with Crippen molar-refractivity contribution >= 4 is 15.7 Å². The summed E-state index contributed by atoms with van der Waals surface area (Å²) in [6.07, 6.45) is -0.878. The van der Waals surface area contributed by atoms with E-state index in [1.54, 1.807) is 0 Å². The standard InChI is InChI=1S/C20H26N3O5S.Pa/c1-15(2)13-22(14-20(24)19(21)12-16-6-4-3-5-7-16)29(27,28)18-10-8-17(9-11-18)23(25)26;/h3-11,15,19-21,24H,12-14H2,1-2H3;/q-1;. The van der Waals surface area contributed by atoms with Gasteiger partial charge < -0.3 is 10.8 Å². The average molecular weight is 652 g/mol. The van der Waals surface area contributed by atoms with Crippen LogP contribution < -0.4 is 0 Å². The Morgan fingerprint density at radius 1 is 1.07 bits per heavy atom. The number of non-ortho nitro benzene ring substituents is 1. The van der Waals surface area contributed by atoms with Crippen LogP contribution in [0, 0.1) is 48.3 Å². The van der Waals surface area contributed by atoms with Crippen LogP contribution in [-0.4, -0.2) is 48.0 Å². The molecule has 1 radical (unpaired) electrons. The molecule has 0 saturated carbocycles. The predicted molar refractivity (Wildman–Crippen MR) is 111 cm³/mol. The summed E-state index contributed by atoms with van der Waals surface area (Å²) in [4.78, 5) is 10.1. The number of benzene rings is 2. The van der Waals surface area contributed by atoms with Gasteiger partial charge in [0.15, 0.2) is 0 Å². The second kappa shape index (κ2) is 12.0. The largest absolute Gasteiger partial charge is 0.672 e. The molecule has 161 valence electrons. The van der Waals surface area contributed by atoms with Crippen molar-refractivity contribution in [2.75, 3.05) is 13.1 Å². The van der Waals surface area contributed by atoms with Gasteiger partial charge in [-0.25, -0.2) is 8.42 Å². The first-order valence-electron chi connectivity index (χ1n) is 9.29. The van der Waals surface area contributed by atoms with Crippen molar-refractivity contribution in [3.63, 3.8) is 0 Å². The summed E-state index contributed by atoms with van der Waals surface area (Å²) in [5.74, 6) is -0.00618. The molecule has 0 saturated heterocycles. The third-order valence-electron chi connectivity index (χ3n) is 4.41. The van der Waals surface area contributed by atoms with Crippen molar-refractivity contribution in [1.29, 1.82) is 0 Å². The van der Waals surface area contributed by atoms with E-state index in [0.29, 0.717) is 6.42 Å². The van der Waals surface area contributed by atoms with Crippen LogP contribution in [0.15, 0.2) is 59.5 Å². The van der Waals surface area contributed by atoms with E-state index in [1.807, 2.05) is 44.2 Å². The molecule has 0 aromatic heterocycles. The predicted octanol–water partition coefficient (Wildman–Crippen LogP) is 3.27. The number of aliphatic hydroxyl groups is 1. The van der Waals surface area contributed by atoms with Crippen molar-refractivity contribution < 1.29 is 50.8 Å². The van der Waals surface area contributed by atoms with Gasteiger partial charge in [-0.2, -0.15) is 4.31 Å². The SMILES string of the molecule is CC(C)CN(CC(O)C([NH-])Cc1ccccc1)S(=O)(=O)c1ccc([N+](=O)[O-])cc1.[Pa]. The van der Waals surface area contributed by atoms with Crippen molar-refractivity contribution in [2.45, 2.75) is 37.3 Å². The van der Waals surface area contributed by atoms with Gasteiger partial charge in [-0.15, -0.1) is 6.04 Å². The summed E-state index contributed by atoms with van der Waals surface area (Å²) in [6, 6.07) is 13.0. The zero-order valence-corrected chi connectivity index (χ0v) is 22.6. The minimum atomic E-state index is -3.97. The van der Waals surface area contributed by atoms with E-state index in [0.717, 1.165) is 22.0 Å². The van der Waals surface area contributed by atoms with Crippen molar-refractivity contribution in [2.24, 2.45) is 5.92 Å². The van der Waals surface area contributed by atoms with Gasteiger partial charge in [-0.1, -0.05) is 44.2 Å². The van der Waals surface area contributed by atoms with Crippen LogP contribution in [0.4, 0.5) is 5.69 Å². The van der Waals surface area contributed by atoms with Crippen LogP contribution in [0.1, 0.15) is 19.4 Å². The van der Waals surface area contributed by atoms with E-state index < -0.39 is 27.1 Å². The molecule has 0 aliphatic carbocycles. The van der Waals surface area contributed by atoms with Gasteiger partial charge in [-0.3, -0.25) is 10.1 Å². The normalized spacial score (nSPS) is 13.7. The Morgan fingerprint density at radius 3 is 2.13 bits per heavy atom. The number of hydrogen-bond donors (Lipinski definition) is 1. The molecule has 0 aliphatic rings. The monoisotopic (exact) mass is 651 g/mol. The number of nitrogens with zero attached hydrogens (tertiary/aromatic N) is 2. The Bertz CT molecular complexity index is 908. The van der Waals surface area contributed by atoms with Crippen LogP contribution in [0.5, 0.6) is 0 Å². The summed E-state index contributed by atoms with van der Waals surface area (Å²) in [5, 5.41) is 21.3. The van der Waals surface area contributed by atoms with Gasteiger partial charge in [0.1, 0.15) is 0 Å². The Labute approximate surface area is 202 Å². The maximum absolute atomic E-state index is 13.0. The first-order chi connectivity index (χ1) is 13.6. The third kappa shape index (κ3) is 7.47. The molecule has 2 aromatic rings. The summed E-state index contributed by atoms with van der Waals surface area (Å²) in [6.45, 7) is 3.65. The van der Waals surface area contributed by atoms with Gasteiger partial charge in [-0.05, 0) is 30.0 Å². The number of nitro groups is 1. The van der Waals surface area contributed by atoms with Gasteiger partial charge in [0, 0.05) is 57.5 Å². The minimum absolute atomic E-state index is 0. The van der Waals surface area contributed by atoms with Gasteiger partial charge in [0.25, 0.3) is 5.69 Å². The molecule has 2 unspecified atom stereocenters. The molecular formula is C20H26N3O5PaS-. The molecule has 0 amide bonds. The van der Waals surface area contributed by atoms with E-state index in [-0.39, 0.29) is 61.9 Å². The van der Waals surface area contributed by atoms with E-state index in [9.17, 15) is 23.6 Å². The van der Waals surface area contributed by atoms with Crippen molar-refractivity contribution in [3.05, 3.63) is 76.0 Å². The van der Waals surface area contributed by atoms with Crippen LogP contribution in [0.25, 0.3) is 5.73 Å². The first-order valence-corrected chi connectivity index (χ1v) is 10.7. The molecule has 2 N–H and O–H groups in total. The number of aliphatic hydroxyl groups excluding tert-OH is 1. The summed E-state index contributed by atoms with van der Waals surface area (Å²) in [5.41, 5.74) is 8.92. The summed E-state index contributed by atoms with van der Waals surface area (Å²) < 4.78 is 27.2. The Morgan fingerprint density at radius 2 is 1.63 bits per heavy atom. The topological polar surface area (TPSA) is 125 Å². The Hall–Kier alpha value is -1.24. The van der Waals surface area contributed by atoms with Crippen molar-refractivity contribution in [3.8, 4) is 0 Å². The van der Waals surface area contributed by atoms with E-state index >= 15 is 0 Å². The molecule has 0 heterocycles. The maximum atomic E-state index is 13.0. The number of nitro benzene ring substituents is 1. The zero-order valence-electron chi connectivity index (χ0n) is 17.0. The van der Waals surface area contributed by atoms with Crippen LogP contribution in [0.3, 0.4) is 0 Å². The van der Waals surface area contributed by atoms with Crippen LogP contribution >= 0.6 is 0 Å². The van der Waals surface area contributed by atoms with E-state index in [2.05, 4.69) is 0 Å². The van der Waals surface area contributed by atoms with Gasteiger partial charge in [0.05, 0.1) is 15.9 Å². The fraction of sp³-hybridized carbons (Fsp3) is 0.400. The quantitative estimate of drug-likeness (QED) is 0.312. The molecule has 2 atom stereocenters. The number of sulfonamides is 1. The molecule has 0 aliphatic heterocycles. The third-order valence-corrected chi connectivity index (χ3v) is 6.25. The first kappa shape index (κ1) is 26.8. The molecule has 2 aromatic carbocycles. The second-order valence-corrected chi connectivity index (χ2v) is 9.27. The zero-order chi connectivity index (χ0) is 21.6. The summed E-state index contributed by atoms with van der Waals surface area (Å²) in [7, 11) is -3.97. The average Bonchev–Trinajstić information content (AvgIpc) is 2.67. The van der Waals surface area contributed by atoms with Crippen LogP contribution in [0.2, 0.25) is 0 Å². The smallest absolute Gasteiger partial charge is 0.269 e. The molecule has 30 heavy (non-hydrogen) atoms. The molecule has 10 heteroatoms. The molecule has 8 nitrogen and oxygen atoms in total. The summed E-state index contributed by atoms with van der Waals surface area (Å²) >= 11 is 0. The molecule has 0 spiro atoms. The second-order valence-electron chi connectivity index (χ2n) is 7.33. The molecule has 0 bridgehead atoms.